The van der Waals surface area contributed by atoms with Gasteiger partial charge in [-0.15, -0.1) is 0 Å². The highest BCUT2D eigenvalue weighted by Gasteiger charge is 2.12. The number of hydrazine groups is 1. The summed E-state index contributed by atoms with van der Waals surface area (Å²) >= 11 is 0. The van der Waals surface area contributed by atoms with Gasteiger partial charge in [0.1, 0.15) is 5.82 Å². The van der Waals surface area contributed by atoms with Gasteiger partial charge in [0.05, 0.1) is 6.10 Å². The van der Waals surface area contributed by atoms with Crippen LogP contribution in [0.1, 0.15) is 49.7 Å². The molecule has 0 fully saturated rings. The van der Waals surface area contributed by atoms with E-state index in [0.29, 0.717) is 24.5 Å². The zero-order valence-corrected chi connectivity index (χ0v) is 12.6. The van der Waals surface area contributed by atoms with Crippen molar-refractivity contribution in [1.29, 1.82) is 0 Å². The number of hydrogen-bond acceptors (Lipinski definition) is 5. The van der Waals surface area contributed by atoms with Gasteiger partial charge in [-0.2, -0.15) is 0 Å². The van der Waals surface area contributed by atoms with E-state index in [4.69, 9.17) is 10.6 Å². The number of amides is 1. The van der Waals surface area contributed by atoms with E-state index in [9.17, 15) is 4.79 Å². The third kappa shape index (κ3) is 4.79. The van der Waals surface area contributed by atoms with Crippen molar-refractivity contribution in [2.24, 2.45) is 5.84 Å². The third-order valence-electron chi connectivity index (χ3n) is 2.85. The monoisotopic (exact) mass is 280 g/mol. The molecule has 0 aliphatic carbocycles. The van der Waals surface area contributed by atoms with Gasteiger partial charge in [-0.25, -0.2) is 10.8 Å². The molecule has 0 aromatic carbocycles. The Morgan fingerprint density at radius 2 is 2.10 bits per heavy atom. The molecule has 6 heteroatoms. The van der Waals surface area contributed by atoms with Crippen LogP contribution in [0.2, 0.25) is 0 Å². The first-order chi connectivity index (χ1) is 9.47. The van der Waals surface area contributed by atoms with Gasteiger partial charge in [-0.1, -0.05) is 13.8 Å². The number of anilines is 1. The van der Waals surface area contributed by atoms with Crippen molar-refractivity contribution >= 4 is 11.7 Å². The lowest BCUT2D eigenvalue weighted by molar-refractivity contribution is 0.0695. The summed E-state index contributed by atoms with van der Waals surface area (Å²) in [5.74, 6) is 5.94. The van der Waals surface area contributed by atoms with Crippen LogP contribution in [-0.2, 0) is 4.74 Å². The van der Waals surface area contributed by atoms with Gasteiger partial charge < -0.3 is 15.5 Å². The quantitative estimate of drug-likeness (QED) is 0.522. The molecule has 1 heterocycles. The molecule has 1 rings (SSSR count). The van der Waals surface area contributed by atoms with E-state index in [1.54, 1.807) is 12.1 Å². The fraction of sp³-hybridized carbons (Fsp3) is 0.571. The van der Waals surface area contributed by atoms with Crippen molar-refractivity contribution in [1.82, 2.24) is 10.3 Å². The Bertz CT molecular complexity index is 449. The van der Waals surface area contributed by atoms with E-state index in [2.05, 4.69) is 15.7 Å². The van der Waals surface area contributed by atoms with Gasteiger partial charge in [0.2, 0.25) is 0 Å². The molecule has 1 aromatic heterocycles. The molecule has 0 bridgehead atoms. The van der Waals surface area contributed by atoms with Crippen molar-refractivity contribution in [2.45, 2.75) is 39.7 Å². The minimum absolute atomic E-state index is 0.0116. The first-order valence-electron chi connectivity index (χ1n) is 6.86. The van der Waals surface area contributed by atoms with E-state index in [-0.39, 0.29) is 17.9 Å². The highest BCUT2D eigenvalue weighted by molar-refractivity contribution is 5.95. The minimum atomic E-state index is -0.155. The summed E-state index contributed by atoms with van der Waals surface area (Å²) in [6.45, 7) is 8.98. The Hall–Kier alpha value is -1.66. The lowest BCUT2D eigenvalue weighted by atomic mass is 10.1. The molecule has 0 saturated heterocycles. The van der Waals surface area contributed by atoms with Crippen molar-refractivity contribution in [3.63, 3.8) is 0 Å². The third-order valence-corrected chi connectivity index (χ3v) is 2.85. The molecule has 0 aliphatic rings. The van der Waals surface area contributed by atoms with Crippen LogP contribution >= 0.6 is 0 Å². The number of nitrogens with one attached hydrogen (secondary N) is 2. The maximum atomic E-state index is 12.1. The average molecular weight is 280 g/mol. The number of rotatable bonds is 7. The zero-order valence-electron chi connectivity index (χ0n) is 12.6. The van der Waals surface area contributed by atoms with Crippen molar-refractivity contribution in [3.8, 4) is 0 Å². The van der Waals surface area contributed by atoms with Gasteiger partial charge >= 0.3 is 0 Å². The van der Waals surface area contributed by atoms with Gasteiger partial charge in [0, 0.05) is 24.4 Å². The Morgan fingerprint density at radius 1 is 1.40 bits per heavy atom. The number of aromatic nitrogens is 1. The number of ether oxygens (including phenoxy) is 1. The minimum Gasteiger partial charge on any atom is -0.377 e. The average Bonchev–Trinajstić information content (AvgIpc) is 2.44. The molecule has 0 aliphatic heterocycles. The van der Waals surface area contributed by atoms with Crippen LogP contribution in [0.15, 0.2) is 12.1 Å². The Morgan fingerprint density at radius 3 is 2.65 bits per heavy atom. The molecular formula is C14H24N4O2. The largest absolute Gasteiger partial charge is 0.377 e. The van der Waals surface area contributed by atoms with Gasteiger partial charge in [-0.3, -0.25) is 4.79 Å². The van der Waals surface area contributed by atoms with Crippen LogP contribution in [0.4, 0.5) is 5.82 Å². The summed E-state index contributed by atoms with van der Waals surface area (Å²) in [7, 11) is 0. The summed E-state index contributed by atoms with van der Waals surface area (Å²) in [6, 6.07) is 3.42. The first kappa shape index (κ1) is 16.4. The van der Waals surface area contributed by atoms with E-state index in [1.165, 1.54) is 0 Å². The van der Waals surface area contributed by atoms with Crippen LogP contribution in [0.25, 0.3) is 0 Å². The lowest BCUT2D eigenvalue weighted by Gasteiger charge is -2.14. The number of nitrogens with zero attached hydrogens (tertiary/aromatic N) is 1. The molecule has 4 N–H and O–H groups in total. The SMILES string of the molecule is CCOC(C)CNC(=O)c1cc(NN)nc(C(C)C)c1. The summed E-state index contributed by atoms with van der Waals surface area (Å²) in [6.07, 6.45) is -0.0116. The molecule has 0 radical (unpaired) electrons. The summed E-state index contributed by atoms with van der Waals surface area (Å²) in [5, 5.41) is 2.84. The normalized spacial score (nSPS) is 12.3. The number of carbonyl (C=O) groups excluding carboxylic acids is 1. The second kappa shape index (κ2) is 7.81. The number of hydrogen-bond donors (Lipinski definition) is 3. The van der Waals surface area contributed by atoms with E-state index < -0.39 is 0 Å². The zero-order chi connectivity index (χ0) is 15.1. The second-order valence-electron chi connectivity index (χ2n) is 4.94. The van der Waals surface area contributed by atoms with E-state index in [1.807, 2.05) is 27.7 Å². The molecule has 112 valence electrons. The van der Waals surface area contributed by atoms with Gasteiger partial charge in [-0.05, 0) is 31.9 Å². The van der Waals surface area contributed by atoms with Crippen LogP contribution in [0, 0.1) is 0 Å². The van der Waals surface area contributed by atoms with Crippen LogP contribution < -0.4 is 16.6 Å². The van der Waals surface area contributed by atoms with Crippen molar-refractivity contribution < 1.29 is 9.53 Å². The first-order valence-corrected chi connectivity index (χ1v) is 6.86. The predicted octanol–water partition coefficient (Wildman–Crippen LogP) is 1.65. The number of pyridine rings is 1. The van der Waals surface area contributed by atoms with Crippen molar-refractivity contribution in [3.05, 3.63) is 23.4 Å². The molecular weight excluding hydrogens is 256 g/mol. The number of nitrogens with two attached hydrogens (primary N) is 1. The fourth-order valence-corrected chi connectivity index (χ4v) is 1.73. The molecule has 1 atom stereocenters. The maximum absolute atomic E-state index is 12.1. The molecule has 20 heavy (non-hydrogen) atoms. The molecule has 0 spiro atoms. The number of nitrogen functional groups attached to an aromatic ring is 1. The van der Waals surface area contributed by atoms with Gasteiger partial charge in [0.15, 0.2) is 0 Å². The molecule has 1 aromatic rings. The molecule has 1 unspecified atom stereocenters. The fourth-order valence-electron chi connectivity index (χ4n) is 1.73. The summed E-state index contributed by atoms with van der Waals surface area (Å²) < 4.78 is 5.38. The lowest BCUT2D eigenvalue weighted by Crippen LogP contribution is -2.32. The Balaban J connectivity index is 2.79. The molecule has 0 saturated carbocycles. The van der Waals surface area contributed by atoms with Crippen LogP contribution in [0.5, 0.6) is 0 Å². The van der Waals surface area contributed by atoms with Crippen LogP contribution in [0.3, 0.4) is 0 Å². The summed E-state index contributed by atoms with van der Waals surface area (Å²) in [5.41, 5.74) is 3.85. The van der Waals surface area contributed by atoms with E-state index >= 15 is 0 Å². The molecule has 6 nitrogen and oxygen atoms in total. The Kier molecular flexibility index (Phi) is 6.41. The predicted molar refractivity (Wildman–Crippen MR) is 79.6 cm³/mol. The van der Waals surface area contributed by atoms with Gasteiger partial charge in [0.25, 0.3) is 5.91 Å². The maximum Gasteiger partial charge on any atom is 0.251 e. The van der Waals surface area contributed by atoms with Crippen molar-refractivity contribution in [2.75, 3.05) is 18.6 Å². The smallest absolute Gasteiger partial charge is 0.251 e. The standard InChI is InChI=1S/C14H24N4O2/c1-5-20-10(4)8-16-14(19)11-6-12(9(2)3)17-13(7-11)18-15/h6-7,9-10H,5,8,15H2,1-4H3,(H,16,19)(H,17,18). The van der Waals surface area contributed by atoms with E-state index in [0.717, 1.165) is 5.69 Å². The molecule has 1 amide bonds. The number of carbonyl (C=O) groups is 1. The second-order valence-corrected chi connectivity index (χ2v) is 4.94. The van der Waals surface area contributed by atoms with Crippen LogP contribution in [-0.4, -0.2) is 30.1 Å². The highest BCUT2D eigenvalue weighted by atomic mass is 16.5. The Labute approximate surface area is 120 Å². The summed E-state index contributed by atoms with van der Waals surface area (Å²) in [4.78, 5) is 16.5. The topological polar surface area (TPSA) is 89.3 Å². The highest BCUT2D eigenvalue weighted by Crippen LogP contribution is 2.17.